The Morgan fingerprint density at radius 2 is 1.55 bits per heavy atom. The van der Waals surface area contributed by atoms with E-state index in [-0.39, 0.29) is 30.1 Å². The molecule has 0 spiro atoms. The first-order chi connectivity index (χ1) is 14.0. The summed E-state index contributed by atoms with van der Waals surface area (Å²) in [6, 6.07) is 15.7. The van der Waals surface area contributed by atoms with Crippen LogP contribution in [-0.4, -0.2) is 34.0 Å². The number of benzene rings is 2. The molecule has 29 heavy (non-hydrogen) atoms. The van der Waals surface area contributed by atoms with Crippen molar-refractivity contribution in [2.75, 3.05) is 6.54 Å². The largest absolute Gasteiger partial charge is 0.347 e. The monoisotopic (exact) mass is 393 g/mol. The number of carbonyl (C=O) groups is 3. The minimum absolute atomic E-state index is 0.00360. The third-order valence-corrected chi connectivity index (χ3v) is 4.14. The standard InChI is InChI=1S/C20H19N5O4/c1-25-20(29)15-10-6-5-9-14(15)18(24-25)19(28)23-22-17(27)12-21-16(26)11-13-7-3-2-4-8-13/h2-10H,11-12H2,1H3,(H,21,26)(H,22,27)(H,23,28). The Morgan fingerprint density at radius 1 is 0.897 bits per heavy atom. The third-order valence-electron chi connectivity index (χ3n) is 4.14. The molecule has 1 heterocycles. The van der Waals surface area contributed by atoms with Gasteiger partial charge < -0.3 is 5.32 Å². The molecular weight excluding hydrogens is 374 g/mol. The first-order valence-corrected chi connectivity index (χ1v) is 8.81. The van der Waals surface area contributed by atoms with Gasteiger partial charge in [0, 0.05) is 12.4 Å². The fourth-order valence-electron chi connectivity index (χ4n) is 2.72. The molecule has 148 valence electrons. The Bertz CT molecular complexity index is 1120. The molecule has 0 atom stereocenters. The van der Waals surface area contributed by atoms with Gasteiger partial charge in [-0.15, -0.1) is 0 Å². The van der Waals surface area contributed by atoms with Gasteiger partial charge in [0.2, 0.25) is 5.91 Å². The molecule has 1 aromatic heterocycles. The summed E-state index contributed by atoms with van der Waals surface area (Å²) in [4.78, 5) is 48.3. The third kappa shape index (κ3) is 4.83. The molecule has 0 radical (unpaired) electrons. The Hall–Kier alpha value is -4.01. The molecule has 9 heteroatoms. The van der Waals surface area contributed by atoms with Crippen LogP contribution in [0.4, 0.5) is 0 Å². The van der Waals surface area contributed by atoms with Crippen molar-refractivity contribution >= 4 is 28.5 Å². The summed E-state index contributed by atoms with van der Waals surface area (Å²) >= 11 is 0. The van der Waals surface area contributed by atoms with E-state index in [1.807, 2.05) is 30.3 Å². The zero-order valence-corrected chi connectivity index (χ0v) is 15.6. The number of amides is 3. The van der Waals surface area contributed by atoms with Crippen molar-refractivity contribution in [1.82, 2.24) is 25.9 Å². The molecule has 3 N–H and O–H groups in total. The number of aryl methyl sites for hydroxylation is 1. The summed E-state index contributed by atoms with van der Waals surface area (Å²) < 4.78 is 1.06. The molecule has 2 aromatic carbocycles. The maximum atomic E-state index is 12.4. The summed E-state index contributed by atoms with van der Waals surface area (Å²) in [5, 5.41) is 7.16. The van der Waals surface area contributed by atoms with Crippen LogP contribution >= 0.6 is 0 Å². The zero-order chi connectivity index (χ0) is 20.8. The van der Waals surface area contributed by atoms with Crippen molar-refractivity contribution in [3.05, 3.63) is 76.2 Å². The summed E-state index contributed by atoms with van der Waals surface area (Å²) in [7, 11) is 1.44. The highest BCUT2D eigenvalue weighted by Crippen LogP contribution is 2.12. The number of hydrazine groups is 1. The van der Waals surface area contributed by atoms with Crippen LogP contribution in [-0.2, 0) is 23.1 Å². The number of fused-ring (bicyclic) bond motifs is 1. The van der Waals surface area contributed by atoms with Crippen LogP contribution < -0.4 is 21.7 Å². The lowest BCUT2D eigenvalue weighted by Crippen LogP contribution is -2.47. The maximum Gasteiger partial charge on any atom is 0.290 e. The van der Waals surface area contributed by atoms with E-state index in [2.05, 4.69) is 21.3 Å². The van der Waals surface area contributed by atoms with E-state index in [0.29, 0.717) is 10.8 Å². The zero-order valence-electron chi connectivity index (χ0n) is 15.6. The number of aromatic nitrogens is 2. The highest BCUT2D eigenvalue weighted by atomic mass is 16.2. The predicted octanol–water partition coefficient (Wildman–Crippen LogP) is 0.0534. The average Bonchev–Trinajstić information content (AvgIpc) is 2.74. The minimum Gasteiger partial charge on any atom is -0.347 e. The van der Waals surface area contributed by atoms with E-state index in [1.54, 1.807) is 24.3 Å². The molecule has 0 saturated heterocycles. The van der Waals surface area contributed by atoms with Crippen LogP contribution in [0.3, 0.4) is 0 Å². The van der Waals surface area contributed by atoms with E-state index >= 15 is 0 Å². The van der Waals surface area contributed by atoms with Gasteiger partial charge in [-0.2, -0.15) is 5.10 Å². The average molecular weight is 393 g/mol. The summed E-state index contributed by atoms with van der Waals surface area (Å²) in [5.41, 5.74) is 4.95. The number of carbonyl (C=O) groups excluding carboxylic acids is 3. The van der Waals surface area contributed by atoms with Gasteiger partial charge in [0.1, 0.15) is 0 Å². The molecule has 9 nitrogen and oxygen atoms in total. The molecule has 0 aliphatic carbocycles. The second-order valence-electron chi connectivity index (χ2n) is 6.26. The fourth-order valence-corrected chi connectivity index (χ4v) is 2.72. The van der Waals surface area contributed by atoms with Crippen LogP contribution in [0.2, 0.25) is 0 Å². The van der Waals surface area contributed by atoms with E-state index in [1.165, 1.54) is 7.05 Å². The molecule has 0 bridgehead atoms. The number of rotatable bonds is 5. The molecule has 3 aromatic rings. The van der Waals surface area contributed by atoms with Crippen LogP contribution in [0.1, 0.15) is 16.1 Å². The van der Waals surface area contributed by atoms with Gasteiger partial charge in [-0.3, -0.25) is 30.0 Å². The second kappa shape index (κ2) is 8.79. The summed E-state index contributed by atoms with van der Waals surface area (Å²) in [5.74, 6) is -1.60. The van der Waals surface area contributed by atoms with Crippen molar-refractivity contribution in [2.45, 2.75) is 6.42 Å². The molecule has 3 rings (SSSR count). The first kappa shape index (κ1) is 19.7. The van der Waals surface area contributed by atoms with Crippen LogP contribution in [0, 0.1) is 0 Å². The van der Waals surface area contributed by atoms with Crippen molar-refractivity contribution in [2.24, 2.45) is 7.05 Å². The number of hydrogen-bond acceptors (Lipinski definition) is 5. The highest BCUT2D eigenvalue weighted by molar-refractivity contribution is 6.05. The Balaban J connectivity index is 1.56. The van der Waals surface area contributed by atoms with E-state index in [4.69, 9.17) is 0 Å². The molecule has 0 unspecified atom stereocenters. The Kier molecular flexibility index (Phi) is 5.98. The lowest BCUT2D eigenvalue weighted by atomic mass is 10.1. The van der Waals surface area contributed by atoms with E-state index in [9.17, 15) is 19.2 Å². The summed E-state index contributed by atoms with van der Waals surface area (Å²) in [6.45, 7) is -0.298. The SMILES string of the molecule is Cn1nc(C(=O)NNC(=O)CNC(=O)Cc2ccccc2)c2ccccc2c1=O. The van der Waals surface area contributed by atoms with Gasteiger partial charge in [0.15, 0.2) is 5.69 Å². The number of nitrogens with zero attached hydrogens (tertiary/aromatic N) is 2. The van der Waals surface area contributed by atoms with E-state index < -0.39 is 11.8 Å². The highest BCUT2D eigenvalue weighted by Gasteiger charge is 2.16. The van der Waals surface area contributed by atoms with Crippen molar-refractivity contribution in [3.63, 3.8) is 0 Å². The van der Waals surface area contributed by atoms with Gasteiger partial charge in [-0.05, 0) is 11.6 Å². The molecular formula is C20H19N5O4. The van der Waals surface area contributed by atoms with Gasteiger partial charge in [-0.1, -0.05) is 48.5 Å². The molecule has 0 aliphatic heterocycles. The summed E-state index contributed by atoms with van der Waals surface area (Å²) in [6.07, 6.45) is 0.147. The Morgan fingerprint density at radius 3 is 2.28 bits per heavy atom. The van der Waals surface area contributed by atoms with Gasteiger partial charge in [-0.25, -0.2) is 4.68 Å². The normalized spacial score (nSPS) is 10.4. The van der Waals surface area contributed by atoms with Crippen LogP contribution in [0.25, 0.3) is 10.8 Å². The molecule has 3 amide bonds. The van der Waals surface area contributed by atoms with Gasteiger partial charge in [0.05, 0.1) is 18.4 Å². The quantitative estimate of drug-likeness (QED) is 0.529. The van der Waals surface area contributed by atoms with Crippen LogP contribution in [0.5, 0.6) is 0 Å². The topological polar surface area (TPSA) is 122 Å². The Labute approximate surface area is 165 Å². The number of nitrogens with one attached hydrogen (secondary N) is 3. The first-order valence-electron chi connectivity index (χ1n) is 8.81. The predicted molar refractivity (Wildman–Crippen MR) is 106 cm³/mol. The molecule has 0 saturated carbocycles. The van der Waals surface area contributed by atoms with Crippen LogP contribution in [0.15, 0.2) is 59.4 Å². The van der Waals surface area contributed by atoms with Gasteiger partial charge >= 0.3 is 0 Å². The second-order valence-corrected chi connectivity index (χ2v) is 6.26. The smallest absolute Gasteiger partial charge is 0.290 e. The number of hydrogen-bond donors (Lipinski definition) is 3. The lowest BCUT2D eigenvalue weighted by Gasteiger charge is -2.10. The van der Waals surface area contributed by atoms with Gasteiger partial charge in [0.25, 0.3) is 17.4 Å². The molecule has 0 fully saturated rings. The minimum atomic E-state index is -0.680. The van der Waals surface area contributed by atoms with E-state index in [0.717, 1.165) is 10.2 Å². The molecule has 0 aliphatic rings. The van der Waals surface area contributed by atoms with Crippen molar-refractivity contribution < 1.29 is 14.4 Å². The van der Waals surface area contributed by atoms with Crippen molar-refractivity contribution in [3.8, 4) is 0 Å². The lowest BCUT2D eigenvalue weighted by molar-refractivity contribution is -0.126. The van der Waals surface area contributed by atoms with Crippen molar-refractivity contribution in [1.29, 1.82) is 0 Å². The maximum absolute atomic E-state index is 12.4. The fraction of sp³-hybridized carbons (Fsp3) is 0.150.